The largest absolute Gasteiger partial charge is 0.466 e. The summed E-state index contributed by atoms with van der Waals surface area (Å²) in [7, 11) is 0. The number of esters is 1. The maximum atomic E-state index is 12.9. The number of piperidine rings is 1. The molecule has 0 radical (unpaired) electrons. The van der Waals surface area contributed by atoms with Crippen LogP contribution in [0.25, 0.3) is 0 Å². The molecule has 1 saturated heterocycles. The summed E-state index contributed by atoms with van der Waals surface area (Å²) in [5.41, 5.74) is 0.0749. The van der Waals surface area contributed by atoms with Crippen LogP contribution in [0.1, 0.15) is 30.1 Å². The third-order valence-electron chi connectivity index (χ3n) is 4.40. The molecule has 0 spiro atoms. The van der Waals surface area contributed by atoms with Gasteiger partial charge < -0.3 is 15.0 Å². The Labute approximate surface area is 163 Å². The number of nitrogens with one attached hydrogen (secondary N) is 1. The van der Waals surface area contributed by atoms with E-state index in [1.54, 1.807) is 54.3 Å². The zero-order valence-electron chi connectivity index (χ0n) is 15.4. The highest BCUT2D eigenvalue weighted by molar-refractivity contribution is 6.00. The van der Waals surface area contributed by atoms with Gasteiger partial charge in [0, 0.05) is 13.1 Å². The van der Waals surface area contributed by atoms with Gasteiger partial charge >= 0.3 is 5.97 Å². The Bertz CT molecular complexity index is 893. The number of nitriles is 3. The van der Waals surface area contributed by atoms with E-state index in [0.29, 0.717) is 43.8 Å². The number of rotatable bonds is 5. The van der Waals surface area contributed by atoms with Gasteiger partial charge in [-0.3, -0.25) is 9.59 Å². The molecular formula is C20H19N5O3. The molecule has 1 aromatic carbocycles. The first-order valence-corrected chi connectivity index (χ1v) is 8.82. The predicted molar refractivity (Wildman–Crippen MR) is 99.2 cm³/mol. The van der Waals surface area contributed by atoms with Gasteiger partial charge in [0.2, 0.25) is 0 Å². The monoisotopic (exact) mass is 377 g/mol. The average molecular weight is 377 g/mol. The van der Waals surface area contributed by atoms with Crippen LogP contribution in [0.4, 0.5) is 5.69 Å². The highest BCUT2D eigenvalue weighted by Gasteiger charge is 2.29. The Balaban J connectivity index is 2.17. The molecule has 1 amide bonds. The van der Waals surface area contributed by atoms with Gasteiger partial charge in [-0.1, -0.05) is 12.1 Å². The van der Waals surface area contributed by atoms with Gasteiger partial charge in [0.05, 0.1) is 23.8 Å². The molecule has 0 bridgehead atoms. The van der Waals surface area contributed by atoms with E-state index in [0.717, 1.165) is 0 Å². The zero-order valence-corrected chi connectivity index (χ0v) is 15.4. The lowest BCUT2D eigenvalue weighted by Crippen LogP contribution is -2.40. The SMILES string of the molecule is CCOC(=O)C1CCN(C(=O)c2ccccc2NC(C#N)=C(C#N)C#N)CC1. The molecule has 1 fully saturated rings. The Kier molecular flexibility index (Phi) is 7.13. The molecule has 1 aromatic rings. The average Bonchev–Trinajstić information content (AvgIpc) is 2.74. The first-order valence-electron chi connectivity index (χ1n) is 8.82. The second kappa shape index (κ2) is 9.75. The molecule has 8 heteroatoms. The van der Waals surface area contributed by atoms with Crippen molar-refractivity contribution in [3.05, 3.63) is 41.1 Å². The number of anilines is 1. The number of allylic oxidation sites excluding steroid dienone is 2. The second-order valence-corrected chi connectivity index (χ2v) is 6.07. The molecule has 0 aromatic heterocycles. The summed E-state index contributed by atoms with van der Waals surface area (Å²) in [6.07, 6.45) is 1.05. The van der Waals surface area contributed by atoms with Crippen molar-refractivity contribution in [1.29, 1.82) is 15.8 Å². The van der Waals surface area contributed by atoms with E-state index in [-0.39, 0.29) is 29.1 Å². The molecule has 1 heterocycles. The molecule has 1 aliphatic heterocycles. The fourth-order valence-electron chi connectivity index (χ4n) is 2.95. The van der Waals surface area contributed by atoms with Gasteiger partial charge in [-0.15, -0.1) is 0 Å². The van der Waals surface area contributed by atoms with Crippen molar-refractivity contribution in [1.82, 2.24) is 4.90 Å². The Morgan fingerprint density at radius 3 is 2.36 bits per heavy atom. The maximum absolute atomic E-state index is 12.9. The van der Waals surface area contributed by atoms with E-state index < -0.39 is 0 Å². The summed E-state index contributed by atoms with van der Waals surface area (Å²) in [5, 5.41) is 29.8. The number of amides is 1. The minimum Gasteiger partial charge on any atom is -0.466 e. The van der Waals surface area contributed by atoms with Crippen LogP contribution in [-0.2, 0) is 9.53 Å². The summed E-state index contributed by atoms with van der Waals surface area (Å²) in [6.45, 7) is 2.92. The molecular weight excluding hydrogens is 358 g/mol. The van der Waals surface area contributed by atoms with Crippen molar-refractivity contribution in [3.8, 4) is 18.2 Å². The lowest BCUT2D eigenvalue weighted by Gasteiger charge is -2.31. The van der Waals surface area contributed by atoms with E-state index in [2.05, 4.69) is 5.32 Å². The van der Waals surface area contributed by atoms with E-state index in [9.17, 15) is 14.9 Å². The number of nitrogens with zero attached hydrogens (tertiary/aromatic N) is 4. The van der Waals surface area contributed by atoms with Gasteiger partial charge in [-0.05, 0) is 31.9 Å². The van der Waals surface area contributed by atoms with Crippen LogP contribution in [0.2, 0.25) is 0 Å². The van der Waals surface area contributed by atoms with Crippen LogP contribution in [0.3, 0.4) is 0 Å². The topological polar surface area (TPSA) is 130 Å². The lowest BCUT2D eigenvalue weighted by atomic mass is 9.96. The van der Waals surface area contributed by atoms with Gasteiger partial charge in [0.1, 0.15) is 23.9 Å². The third kappa shape index (κ3) is 4.66. The van der Waals surface area contributed by atoms with Crippen LogP contribution in [0.15, 0.2) is 35.5 Å². The number of likely N-dealkylation sites (tertiary alicyclic amines) is 1. The summed E-state index contributed by atoms with van der Waals surface area (Å²) in [5.74, 6) is -0.696. The molecule has 142 valence electrons. The van der Waals surface area contributed by atoms with Gasteiger partial charge in [0.15, 0.2) is 5.57 Å². The molecule has 1 N–H and O–H groups in total. The van der Waals surface area contributed by atoms with Crippen LogP contribution in [0, 0.1) is 39.9 Å². The van der Waals surface area contributed by atoms with Crippen LogP contribution < -0.4 is 5.32 Å². The van der Waals surface area contributed by atoms with Gasteiger partial charge in [-0.2, -0.15) is 15.8 Å². The standard InChI is InChI=1S/C20H19N5O3/c1-2-28-20(27)14-7-9-25(10-8-14)19(26)16-5-3-4-6-17(16)24-18(13-23)15(11-21)12-22/h3-6,14,24H,2,7-10H2,1H3. The number of benzene rings is 1. The Morgan fingerprint density at radius 2 is 1.79 bits per heavy atom. The van der Waals surface area contributed by atoms with Crippen LogP contribution in [-0.4, -0.2) is 36.5 Å². The van der Waals surface area contributed by atoms with E-state index in [1.807, 2.05) is 0 Å². The number of hydrogen-bond acceptors (Lipinski definition) is 7. The quantitative estimate of drug-likeness (QED) is 0.615. The second-order valence-electron chi connectivity index (χ2n) is 6.07. The molecule has 0 atom stereocenters. The van der Waals surface area contributed by atoms with Crippen LogP contribution >= 0.6 is 0 Å². The molecule has 28 heavy (non-hydrogen) atoms. The molecule has 0 unspecified atom stereocenters. The molecule has 0 aliphatic carbocycles. The molecule has 2 rings (SSSR count). The van der Waals surface area contributed by atoms with E-state index in [4.69, 9.17) is 15.3 Å². The highest BCUT2D eigenvalue weighted by Crippen LogP contribution is 2.24. The van der Waals surface area contributed by atoms with E-state index in [1.165, 1.54) is 0 Å². The Morgan fingerprint density at radius 1 is 1.14 bits per heavy atom. The first kappa shape index (κ1) is 20.5. The van der Waals surface area contributed by atoms with Crippen molar-refractivity contribution in [2.75, 3.05) is 25.0 Å². The lowest BCUT2D eigenvalue weighted by molar-refractivity contribution is -0.149. The maximum Gasteiger partial charge on any atom is 0.309 e. The van der Waals surface area contributed by atoms with Crippen molar-refractivity contribution in [2.45, 2.75) is 19.8 Å². The molecule has 0 saturated carbocycles. The van der Waals surface area contributed by atoms with Crippen molar-refractivity contribution in [3.63, 3.8) is 0 Å². The highest BCUT2D eigenvalue weighted by atomic mass is 16.5. The summed E-state index contributed by atoms with van der Waals surface area (Å²) < 4.78 is 5.04. The Hall–Kier alpha value is -3.83. The first-order chi connectivity index (χ1) is 13.5. The molecule has 1 aliphatic rings. The van der Waals surface area contributed by atoms with Crippen molar-refractivity contribution < 1.29 is 14.3 Å². The van der Waals surface area contributed by atoms with Gasteiger partial charge in [0.25, 0.3) is 5.91 Å². The smallest absolute Gasteiger partial charge is 0.309 e. The number of para-hydroxylation sites is 1. The minimum absolute atomic E-state index is 0.209. The number of hydrogen-bond donors (Lipinski definition) is 1. The summed E-state index contributed by atoms with van der Waals surface area (Å²) in [6, 6.07) is 11.7. The summed E-state index contributed by atoms with van der Waals surface area (Å²) >= 11 is 0. The fraction of sp³-hybridized carbons (Fsp3) is 0.350. The normalized spacial score (nSPS) is 13.4. The number of ether oxygens (including phenoxy) is 1. The minimum atomic E-state index is -0.361. The van der Waals surface area contributed by atoms with Gasteiger partial charge in [-0.25, -0.2) is 0 Å². The number of carbonyl (C=O) groups is 2. The van der Waals surface area contributed by atoms with Crippen molar-refractivity contribution in [2.24, 2.45) is 5.92 Å². The number of carbonyl (C=O) groups excluding carboxylic acids is 2. The van der Waals surface area contributed by atoms with E-state index >= 15 is 0 Å². The van der Waals surface area contributed by atoms with Crippen molar-refractivity contribution >= 4 is 17.6 Å². The van der Waals surface area contributed by atoms with Crippen LogP contribution in [0.5, 0.6) is 0 Å². The fourth-order valence-corrected chi connectivity index (χ4v) is 2.95. The molecule has 8 nitrogen and oxygen atoms in total. The zero-order chi connectivity index (χ0) is 20.5. The third-order valence-corrected chi connectivity index (χ3v) is 4.40. The predicted octanol–water partition coefficient (Wildman–Crippen LogP) is 2.34. The summed E-state index contributed by atoms with van der Waals surface area (Å²) in [4.78, 5) is 26.4.